The Morgan fingerprint density at radius 1 is 1.50 bits per heavy atom. The lowest BCUT2D eigenvalue weighted by Crippen LogP contribution is -2.73. The van der Waals surface area contributed by atoms with E-state index in [-0.39, 0.29) is 27.4 Å². The van der Waals surface area contributed by atoms with Crippen molar-refractivity contribution in [2.75, 3.05) is 39.0 Å². The first-order chi connectivity index (χ1) is 16.0. The smallest absolute Gasteiger partial charge is 0.362 e. The van der Waals surface area contributed by atoms with E-state index in [9.17, 15) is 27.4 Å². The molecule has 2 atom stereocenters. The Bertz CT molecular complexity index is 1120. The summed E-state index contributed by atoms with van der Waals surface area (Å²) in [6.07, 6.45) is -0.500. The summed E-state index contributed by atoms with van der Waals surface area (Å²) >= 11 is 6.15. The summed E-state index contributed by atoms with van der Waals surface area (Å²) in [5.74, 6) is -2.63. The number of thiocarbonyl (C=S) groups is 1. The number of nitrogens with one attached hydrogen (secondary N) is 3. The lowest BCUT2D eigenvalue weighted by Gasteiger charge is -2.43. The van der Waals surface area contributed by atoms with Crippen molar-refractivity contribution in [3.63, 3.8) is 0 Å². The molecule has 3 rings (SSSR count). The molecule has 18 heteroatoms. The first-order valence-corrected chi connectivity index (χ1v) is 12.4. The Hall–Kier alpha value is -3.09. The van der Waals surface area contributed by atoms with Gasteiger partial charge in [-0.15, -0.1) is 11.3 Å². The van der Waals surface area contributed by atoms with E-state index in [0.29, 0.717) is 24.7 Å². The predicted octanol–water partition coefficient (Wildman–Crippen LogP) is -2.73. The van der Waals surface area contributed by atoms with Crippen LogP contribution in [0.5, 0.6) is 0 Å². The fourth-order valence-electron chi connectivity index (χ4n) is 3.38. The number of hydrogen-bond donors (Lipinski definition) is 5. The summed E-state index contributed by atoms with van der Waals surface area (Å²) in [5, 5.41) is 13.6. The van der Waals surface area contributed by atoms with Crippen LogP contribution in [0.25, 0.3) is 0 Å². The molecule has 0 saturated carbocycles. The third-order valence-electron chi connectivity index (χ3n) is 4.91. The molecule has 2 saturated heterocycles. The van der Waals surface area contributed by atoms with Gasteiger partial charge >= 0.3 is 10.3 Å². The highest BCUT2D eigenvalue weighted by atomic mass is 32.2. The van der Waals surface area contributed by atoms with Crippen molar-refractivity contribution in [2.24, 2.45) is 5.16 Å². The number of nitrogens with zero attached hydrogens (tertiary/aromatic N) is 4. The maximum Gasteiger partial charge on any atom is 0.362 e. The summed E-state index contributed by atoms with van der Waals surface area (Å²) in [6.45, 7) is 2.02. The summed E-state index contributed by atoms with van der Waals surface area (Å²) in [5.41, 5.74) is 5.33. The van der Waals surface area contributed by atoms with Gasteiger partial charge in [0.05, 0.1) is 12.5 Å². The second kappa shape index (κ2) is 10.5. The molecule has 0 unspecified atom stereocenters. The van der Waals surface area contributed by atoms with E-state index < -0.39 is 46.5 Å². The number of carbonyl (C=O) groups excluding carboxylic acids is 3. The fraction of sp³-hybridized carbons (Fsp3) is 0.500. The van der Waals surface area contributed by atoms with Gasteiger partial charge in [0.15, 0.2) is 16.0 Å². The number of thiazole rings is 1. The number of rotatable bonds is 10. The van der Waals surface area contributed by atoms with Gasteiger partial charge in [0.25, 0.3) is 11.8 Å². The Morgan fingerprint density at radius 2 is 2.24 bits per heavy atom. The van der Waals surface area contributed by atoms with Crippen molar-refractivity contribution in [3.05, 3.63) is 11.1 Å². The number of oxime groups is 1. The van der Waals surface area contributed by atoms with E-state index in [1.165, 1.54) is 12.5 Å². The minimum atomic E-state index is -4.96. The SMILES string of the molecule is CO/N=C(\C(=O)N[C@H]1C(=O)N(S(=O)(=O)O)[C@@H]1CC(=O)NCCN1CCNC1=S)c1csc(N)n1. The molecule has 0 aromatic carbocycles. The van der Waals surface area contributed by atoms with E-state index in [2.05, 4.69) is 30.9 Å². The molecule has 0 spiro atoms. The van der Waals surface area contributed by atoms with Crippen LogP contribution in [0.2, 0.25) is 0 Å². The van der Waals surface area contributed by atoms with Gasteiger partial charge in [-0.1, -0.05) is 5.16 Å². The fourth-order valence-corrected chi connectivity index (χ4v) is 5.09. The van der Waals surface area contributed by atoms with Gasteiger partial charge in [0, 0.05) is 31.6 Å². The lowest BCUT2D eigenvalue weighted by atomic mass is 9.94. The molecule has 0 radical (unpaired) electrons. The van der Waals surface area contributed by atoms with Crippen LogP contribution in [0, 0.1) is 0 Å². The van der Waals surface area contributed by atoms with Gasteiger partial charge in [0.2, 0.25) is 5.91 Å². The molecule has 0 aliphatic carbocycles. The molecule has 15 nitrogen and oxygen atoms in total. The van der Waals surface area contributed by atoms with Crippen LogP contribution in [0.15, 0.2) is 10.5 Å². The Morgan fingerprint density at radius 3 is 2.79 bits per heavy atom. The number of nitrogen functional groups attached to an aromatic ring is 1. The third kappa shape index (κ3) is 5.69. The van der Waals surface area contributed by atoms with Crippen LogP contribution in [-0.4, -0.2) is 101 Å². The second-order valence-corrected chi connectivity index (χ2v) is 9.66. The molecular formula is C16H22N8O7S3. The van der Waals surface area contributed by atoms with Crippen LogP contribution < -0.4 is 21.7 Å². The van der Waals surface area contributed by atoms with Crippen LogP contribution >= 0.6 is 23.6 Å². The molecular weight excluding hydrogens is 512 g/mol. The van der Waals surface area contributed by atoms with Crippen molar-refractivity contribution >= 4 is 67.5 Å². The highest BCUT2D eigenvalue weighted by Crippen LogP contribution is 2.26. The number of amides is 3. The molecule has 186 valence electrons. The van der Waals surface area contributed by atoms with E-state index >= 15 is 0 Å². The first kappa shape index (κ1) is 25.5. The maximum absolute atomic E-state index is 12.7. The minimum absolute atomic E-state index is 0.0730. The number of β-lactam (4-membered cyclic amide) rings is 1. The quantitative estimate of drug-likeness (QED) is 0.0681. The number of hydrogen-bond acceptors (Lipinski definition) is 11. The van der Waals surface area contributed by atoms with Crippen molar-refractivity contribution in [2.45, 2.75) is 18.5 Å². The Balaban J connectivity index is 1.67. The monoisotopic (exact) mass is 534 g/mol. The Labute approximate surface area is 203 Å². The maximum atomic E-state index is 12.7. The van der Waals surface area contributed by atoms with Crippen molar-refractivity contribution < 1.29 is 32.2 Å². The first-order valence-electron chi connectivity index (χ1n) is 9.76. The van der Waals surface area contributed by atoms with E-state index in [4.69, 9.17) is 18.0 Å². The highest BCUT2D eigenvalue weighted by molar-refractivity contribution is 7.84. The van der Waals surface area contributed by atoms with Crippen LogP contribution in [-0.2, 0) is 29.5 Å². The van der Waals surface area contributed by atoms with Crippen molar-refractivity contribution in [1.82, 2.24) is 30.1 Å². The zero-order valence-corrected chi connectivity index (χ0v) is 20.2. The second-order valence-electron chi connectivity index (χ2n) is 7.10. The summed E-state index contributed by atoms with van der Waals surface area (Å²) in [4.78, 5) is 47.9. The zero-order chi connectivity index (χ0) is 25.0. The molecule has 3 heterocycles. The van der Waals surface area contributed by atoms with Crippen LogP contribution in [0.4, 0.5) is 5.13 Å². The molecule has 1 aromatic heterocycles. The summed E-state index contributed by atoms with van der Waals surface area (Å²) in [7, 11) is -3.77. The van der Waals surface area contributed by atoms with Crippen LogP contribution in [0.3, 0.4) is 0 Å². The number of nitrogens with two attached hydrogens (primary N) is 1. The molecule has 34 heavy (non-hydrogen) atoms. The van der Waals surface area contributed by atoms with Crippen LogP contribution in [0.1, 0.15) is 12.1 Å². The summed E-state index contributed by atoms with van der Waals surface area (Å²) in [6, 6.07) is -2.78. The average molecular weight is 535 g/mol. The number of anilines is 1. The molecule has 3 amide bonds. The predicted molar refractivity (Wildman–Crippen MR) is 124 cm³/mol. The molecule has 1 aromatic rings. The number of carbonyl (C=O) groups is 3. The van der Waals surface area contributed by atoms with E-state index in [1.54, 1.807) is 0 Å². The molecule has 0 bridgehead atoms. The highest BCUT2D eigenvalue weighted by Gasteiger charge is 2.54. The van der Waals surface area contributed by atoms with Gasteiger partial charge in [-0.25, -0.2) is 9.29 Å². The Kier molecular flexibility index (Phi) is 7.85. The van der Waals surface area contributed by atoms with Gasteiger partial charge in [-0.3, -0.25) is 18.9 Å². The van der Waals surface area contributed by atoms with Gasteiger partial charge in [0.1, 0.15) is 18.8 Å². The van der Waals surface area contributed by atoms with Gasteiger partial charge in [-0.2, -0.15) is 8.42 Å². The topological polar surface area (TPSA) is 209 Å². The average Bonchev–Trinajstić information content (AvgIpc) is 3.36. The standard InChI is InChI=1S/C16H22N8O7S3/c1-31-22-11(8-7-33-15(17)20-8)13(26)21-12-9(24(14(12)27)34(28,29)30)6-10(25)18-2-4-23-5-3-19-16(23)32/h7,9,12H,2-6H2,1H3,(H2,17,20)(H,18,25)(H,19,32)(H,21,26)(H,28,29,30)/b22-11-/t9-,12-/m1/s1. The minimum Gasteiger partial charge on any atom is -0.398 e. The summed E-state index contributed by atoms with van der Waals surface area (Å²) < 4.78 is 32.9. The molecule has 2 fully saturated rings. The van der Waals surface area contributed by atoms with E-state index in [0.717, 1.165) is 11.3 Å². The number of aromatic nitrogens is 1. The van der Waals surface area contributed by atoms with Crippen molar-refractivity contribution in [1.29, 1.82) is 0 Å². The van der Waals surface area contributed by atoms with E-state index in [1.807, 2.05) is 4.90 Å². The zero-order valence-electron chi connectivity index (χ0n) is 17.8. The van der Waals surface area contributed by atoms with Gasteiger partial charge < -0.3 is 31.4 Å². The third-order valence-corrected chi connectivity index (χ3v) is 6.93. The largest absolute Gasteiger partial charge is 0.398 e. The van der Waals surface area contributed by atoms with Gasteiger partial charge in [-0.05, 0) is 12.2 Å². The molecule has 2 aliphatic heterocycles. The normalized spacial score (nSPS) is 20.6. The van der Waals surface area contributed by atoms with Crippen molar-refractivity contribution in [3.8, 4) is 0 Å². The molecule has 2 aliphatic rings. The lowest BCUT2D eigenvalue weighted by molar-refractivity contribution is -0.146. The molecule has 6 N–H and O–H groups in total.